The normalized spacial score (nSPS) is 12.1. The van der Waals surface area contributed by atoms with Gasteiger partial charge in [-0.1, -0.05) is 47.7 Å². The van der Waals surface area contributed by atoms with Gasteiger partial charge in [0.2, 0.25) is 5.91 Å². The van der Waals surface area contributed by atoms with Gasteiger partial charge in [-0.2, -0.15) is 5.10 Å². The summed E-state index contributed by atoms with van der Waals surface area (Å²) in [5.41, 5.74) is 4.98. The van der Waals surface area contributed by atoms with Gasteiger partial charge in [0.05, 0.1) is 17.1 Å². The molecule has 0 aliphatic heterocycles. The Morgan fingerprint density at radius 2 is 1.81 bits per heavy atom. The highest BCUT2D eigenvalue weighted by Crippen LogP contribution is 2.25. The van der Waals surface area contributed by atoms with E-state index in [0.717, 1.165) is 28.1 Å². The number of aromatic amines is 1. The highest BCUT2D eigenvalue weighted by atomic mass is 32.2. The summed E-state index contributed by atoms with van der Waals surface area (Å²) in [5, 5.41) is 7.63. The lowest BCUT2D eigenvalue weighted by molar-refractivity contribution is -0.115. The topological polar surface area (TPSA) is 92.7 Å². The van der Waals surface area contributed by atoms with E-state index < -0.39 is 5.25 Å². The van der Waals surface area contributed by atoms with E-state index in [4.69, 9.17) is 0 Å². The fourth-order valence-corrected chi connectivity index (χ4v) is 4.33. The van der Waals surface area contributed by atoms with Crippen molar-refractivity contribution >= 4 is 34.4 Å². The third kappa shape index (κ3) is 4.25. The van der Waals surface area contributed by atoms with Crippen LogP contribution in [-0.4, -0.2) is 30.9 Å². The summed E-state index contributed by atoms with van der Waals surface area (Å²) in [4.78, 5) is 32.7. The third-order valence-corrected chi connectivity index (χ3v) is 5.98. The van der Waals surface area contributed by atoms with Gasteiger partial charge in [-0.25, -0.2) is 9.67 Å². The van der Waals surface area contributed by atoms with Crippen molar-refractivity contribution in [2.75, 3.05) is 5.32 Å². The van der Waals surface area contributed by atoms with E-state index >= 15 is 0 Å². The second-order valence-electron chi connectivity index (χ2n) is 7.52. The maximum Gasteiger partial charge on any atom is 0.262 e. The zero-order valence-electron chi connectivity index (χ0n) is 17.8. The first-order chi connectivity index (χ1) is 14.8. The van der Waals surface area contributed by atoms with E-state index in [1.807, 2.05) is 63.2 Å². The predicted octanol–water partition coefficient (Wildman–Crippen LogP) is 4.15. The number of benzene rings is 2. The van der Waals surface area contributed by atoms with Gasteiger partial charge in [0.1, 0.15) is 5.39 Å². The van der Waals surface area contributed by atoms with Crippen LogP contribution in [0.15, 0.2) is 58.6 Å². The van der Waals surface area contributed by atoms with Gasteiger partial charge in [0.25, 0.3) is 5.56 Å². The number of hydrogen-bond acceptors (Lipinski definition) is 5. The van der Waals surface area contributed by atoms with Crippen LogP contribution in [-0.2, 0) is 4.79 Å². The standard InChI is InChI=1S/C23H23N5O2S/c1-13-10-14(2)19(15(3)11-13)25-21(29)16(4)31-23-26-20-18(22(30)27-23)12-24-28(20)17-8-6-5-7-9-17/h5-12,16H,1-4H3,(H,25,29)(H,26,27,30)/t16-/m0/s1. The fraction of sp³-hybridized carbons (Fsp3) is 0.217. The zero-order valence-corrected chi connectivity index (χ0v) is 18.6. The number of hydrogen-bond donors (Lipinski definition) is 2. The van der Waals surface area contributed by atoms with Gasteiger partial charge in [-0.05, 0) is 51.0 Å². The Hall–Kier alpha value is -3.39. The van der Waals surface area contributed by atoms with Gasteiger partial charge < -0.3 is 10.3 Å². The number of fused-ring (bicyclic) bond motifs is 1. The minimum Gasteiger partial charge on any atom is -0.325 e. The Balaban J connectivity index is 1.60. The summed E-state index contributed by atoms with van der Waals surface area (Å²) >= 11 is 1.20. The van der Waals surface area contributed by atoms with Crippen LogP contribution in [0.25, 0.3) is 16.7 Å². The molecule has 0 aliphatic carbocycles. The number of para-hydroxylation sites is 1. The number of H-pyrrole nitrogens is 1. The van der Waals surface area contributed by atoms with Crippen LogP contribution in [0.3, 0.4) is 0 Å². The van der Waals surface area contributed by atoms with E-state index in [9.17, 15) is 9.59 Å². The summed E-state index contributed by atoms with van der Waals surface area (Å²) in [7, 11) is 0. The molecule has 0 fully saturated rings. The number of aryl methyl sites for hydroxylation is 3. The highest BCUT2D eigenvalue weighted by molar-refractivity contribution is 8.00. The van der Waals surface area contributed by atoms with Crippen LogP contribution in [0, 0.1) is 20.8 Å². The molecule has 0 saturated heterocycles. The van der Waals surface area contributed by atoms with Crippen molar-refractivity contribution in [2.45, 2.75) is 38.1 Å². The van der Waals surface area contributed by atoms with Gasteiger partial charge >= 0.3 is 0 Å². The number of aromatic nitrogens is 4. The lowest BCUT2D eigenvalue weighted by Gasteiger charge is -2.16. The molecule has 0 unspecified atom stereocenters. The molecule has 8 heteroatoms. The Kier molecular flexibility index (Phi) is 5.65. The molecule has 0 aliphatic rings. The molecule has 2 N–H and O–H groups in total. The Bertz CT molecular complexity index is 1300. The molecule has 2 aromatic carbocycles. The molecular weight excluding hydrogens is 410 g/mol. The molecule has 31 heavy (non-hydrogen) atoms. The average molecular weight is 434 g/mol. The van der Waals surface area contributed by atoms with Gasteiger partial charge in [-0.3, -0.25) is 9.59 Å². The highest BCUT2D eigenvalue weighted by Gasteiger charge is 2.19. The summed E-state index contributed by atoms with van der Waals surface area (Å²) in [5.74, 6) is -0.153. The van der Waals surface area contributed by atoms with E-state index in [2.05, 4.69) is 20.4 Å². The maximum atomic E-state index is 12.8. The minimum absolute atomic E-state index is 0.153. The minimum atomic E-state index is -0.464. The summed E-state index contributed by atoms with van der Waals surface area (Å²) in [6.07, 6.45) is 1.50. The van der Waals surface area contributed by atoms with Crippen LogP contribution in [0.4, 0.5) is 5.69 Å². The lowest BCUT2D eigenvalue weighted by Crippen LogP contribution is -2.24. The van der Waals surface area contributed by atoms with Crippen LogP contribution in [0.5, 0.6) is 0 Å². The van der Waals surface area contributed by atoms with Gasteiger partial charge in [0.15, 0.2) is 10.8 Å². The molecular formula is C23H23N5O2S. The van der Waals surface area contributed by atoms with Crippen molar-refractivity contribution in [3.63, 3.8) is 0 Å². The average Bonchev–Trinajstić information content (AvgIpc) is 3.15. The number of rotatable bonds is 5. The number of thioether (sulfide) groups is 1. The number of anilines is 1. The largest absolute Gasteiger partial charge is 0.325 e. The first-order valence-corrected chi connectivity index (χ1v) is 10.8. The molecule has 0 radical (unpaired) electrons. The van der Waals surface area contributed by atoms with Crippen molar-refractivity contribution < 1.29 is 4.79 Å². The maximum absolute atomic E-state index is 12.8. The molecule has 4 rings (SSSR count). The molecule has 0 bridgehead atoms. The predicted molar refractivity (Wildman–Crippen MR) is 124 cm³/mol. The Morgan fingerprint density at radius 1 is 1.13 bits per heavy atom. The van der Waals surface area contributed by atoms with E-state index in [1.54, 1.807) is 11.6 Å². The number of nitrogens with zero attached hydrogens (tertiary/aromatic N) is 3. The SMILES string of the molecule is Cc1cc(C)c(NC(=O)[C@H](C)Sc2nc3c(cnn3-c3ccccc3)c(=O)[nH]2)c(C)c1. The van der Waals surface area contributed by atoms with E-state index in [1.165, 1.54) is 18.0 Å². The molecule has 158 valence electrons. The first-order valence-electron chi connectivity index (χ1n) is 9.92. The Labute approximate surface area is 183 Å². The van der Waals surface area contributed by atoms with Crippen molar-refractivity contribution in [2.24, 2.45) is 0 Å². The van der Waals surface area contributed by atoms with E-state index in [0.29, 0.717) is 16.2 Å². The number of carbonyl (C=O) groups is 1. The molecule has 1 atom stereocenters. The lowest BCUT2D eigenvalue weighted by atomic mass is 10.1. The molecule has 1 amide bonds. The molecule has 2 aromatic heterocycles. The molecule has 7 nitrogen and oxygen atoms in total. The summed E-state index contributed by atoms with van der Waals surface area (Å²) in [6, 6.07) is 13.6. The summed E-state index contributed by atoms with van der Waals surface area (Å²) in [6.45, 7) is 7.77. The Morgan fingerprint density at radius 3 is 2.48 bits per heavy atom. The number of carbonyl (C=O) groups excluding carboxylic acids is 1. The molecule has 2 heterocycles. The van der Waals surface area contributed by atoms with Crippen LogP contribution in [0.2, 0.25) is 0 Å². The molecule has 0 spiro atoms. The van der Waals surface area contributed by atoms with Crippen LogP contribution < -0.4 is 10.9 Å². The van der Waals surface area contributed by atoms with E-state index in [-0.39, 0.29) is 11.5 Å². The fourth-order valence-electron chi connectivity index (χ4n) is 3.54. The van der Waals surface area contributed by atoms with Crippen LogP contribution >= 0.6 is 11.8 Å². The van der Waals surface area contributed by atoms with Gasteiger partial charge in [-0.15, -0.1) is 0 Å². The van der Waals surface area contributed by atoms with Crippen molar-refractivity contribution in [1.29, 1.82) is 0 Å². The van der Waals surface area contributed by atoms with Crippen LogP contribution in [0.1, 0.15) is 23.6 Å². The number of amides is 1. The number of nitrogens with one attached hydrogen (secondary N) is 2. The second kappa shape index (κ2) is 8.39. The zero-order chi connectivity index (χ0) is 22.1. The second-order valence-corrected chi connectivity index (χ2v) is 8.85. The quantitative estimate of drug-likeness (QED) is 0.364. The van der Waals surface area contributed by atoms with Crippen molar-refractivity contribution in [3.05, 3.63) is 75.7 Å². The van der Waals surface area contributed by atoms with Crippen molar-refractivity contribution in [1.82, 2.24) is 19.7 Å². The molecule has 4 aromatic rings. The smallest absolute Gasteiger partial charge is 0.262 e. The molecule has 0 saturated carbocycles. The third-order valence-electron chi connectivity index (χ3n) is 5.00. The first kappa shape index (κ1) is 20.9. The van der Waals surface area contributed by atoms with Gasteiger partial charge in [0, 0.05) is 5.69 Å². The monoisotopic (exact) mass is 433 g/mol. The summed E-state index contributed by atoms with van der Waals surface area (Å²) < 4.78 is 1.62. The van der Waals surface area contributed by atoms with Crippen molar-refractivity contribution in [3.8, 4) is 5.69 Å².